The highest BCUT2D eigenvalue weighted by Crippen LogP contribution is 2.25. The maximum absolute atomic E-state index is 5.89. The van der Waals surface area contributed by atoms with Crippen molar-refractivity contribution < 1.29 is 9.15 Å². The van der Waals surface area contributed by atoms with Crippen LogP contribution in [0.2, 0.25) is 0 Å². The second kappa shape index (κ2) is 7.27. The second-order valence-corrected chi connectivity index (χ2v) is 5.04. The van der Waals surface area contributed by atoms with Gasteiger partial charge in [0.2, 0.25) is 0 Å². The molecule has 3 nitrogen and oxygen atoms in total. The van der Waals surface area contributed by atoms with Gasteiger partial charge in [0.15, 0.2) is 0 Å². The van der Waals surface area contributed by atoms with E-state index in [1.807, 2.05) is 12.1 Å². The molecule has 0 saturated carbocycles. The van der Waals surface area contributed by atoms with Crippen LogP contribution < -0.4 is 5.32 Å². The summed E-state index contributed by atoms with van der Waals surface area (Å²) in [4.78, 5) is 0. The summed E-state index contributed by atoms with van der Waals surface area (Å²) in [6.45, 7) is 5.74. The first kappa shape index (κ1) is 14.8. The van der Waals surface area contributed by atoms with E-state index >= 15 is 0 Å². The molecule has 1 aromatic carbocycles. The molecule has 0 amide bonds. The van der Waals surface area contributed by atoms with Crippen LogP contribution in [0, 0.1) is 6.92 Å². The van der Waals surface area contributed by atoms with E-state index in [2.05, 4.69) is 43.4 Å². The lowest BCUT2D eigenvalue weighted by molar-refractivity contribution is 0.162. The number of rotatable bonds is 7. The monoisotopic (exact) mass is 273 g/mol. The summed E-state index contributed by atoms with van der Waals surface area (Å²) in [7, 11) is 1.68. The van der Waals surface area contributed by atoms with E-state index in [0.717, 1.165) is 24.5 Å². The molecule has 0 aliphatic rings. The fraction of sp³-hybridized carbons (Fsp3) is 0.412. The Bertz CT molecular complexity index is 533. The number of nitrogens with one attached hydrogen (secondary N) is 1. The van der Waals surface area contributed by atoms with Crippen molar-refractivity contribution in [1.82, 2.24) is 5.32 Å². The van der Waals surface area contributed by atoms with E-state index in [9.17, 15) is 0 Å². The molecule has 0 bridgehead atoms. The molecule has 0 fully saturated rings. The van der Waals surface area contributed by atoms with E-state index in [-0.39, 0.29) is 6.04 Å². The van der Waals surface area contributed by atoms with Crippen molar-refractivity contribution in [3.05, 3.63) is 59.0 Å². The van der Waals surface area contributed by atoms with Gasteiger partial charge in [-0.25, -0.2) is 0 Å². The van der Waals surface area contributed by atoms with Crippen LogP contribution in [0.5, 0.6) is 0 Å². The van der Waals surface area contributed by atoms with Gasteiger partial charge in [0.1, 0.15) is 18.1 Å². The highest BCUT2D eigenvalue weighted by molar-refractivity contribution is 5.30. The van der Waals surface area contributed by atoms with Gasteiger partial charge >= 0.3 is 0 Å². The number of hydrogen-bond donors (Lipinski definition) is 1. The zero-order valence-electron chi connectivity index (χ0n) is 12.5. The second-order valence-electron chi connectivity index (χ2n) is 5.04. The Morgan fingerprint density at radius 3 is 2.80 bits per heavy atom. The van der Waals surface area contributed by atoms with E-state index in [0.29, 0.717) is 6.61 Å². The Hall–Kier alpha value is -1.58. The van der Waals surface area contributed by atoms with Crippen molar-refractivity contribution in [2.24, 2.45) is 0 Å². The minimum absolute atomic E-state index is 0.0976. The molecule has 0 aliphatic heterocycles. The summed E-state index contributed by atoms with van der Waals surface area (Å²) < 4.78 is 11.0. The highest BCUT2D eigenvalue weighted by atomic mass is 16.5. The molecular weight excluding hydrogens is 250 g/mol. The fourth-order valence-electron chi connectivity index (χ4n) is 2.29. The molecular formula is C17H23NO2. The van der Waals surface area contributed by atoms with E-state index < -0.39 is 0 Å². The van der Waals surface area contributed by atoms with Gasteiger partial charge in [-0.1, -0.05) is 36.8 Å². The maximum Gasteiger partial charge on any atom is 0.129 e. The normalized spacial score (nSPS) is 12.6. The van der Waals surface area contributed by atoms with Crippen LogP contribution in [0.25, 0.3) is 0 Å². The first-order chi connectivity index (χ1) is 9.74. The van der Waals surface area contributed by atoms with Crippen LogP contribution in [0.15, 0.2) is 40.8 Å². The molecule has 1 N–H and O–H groups in total. The molecule has 1 aromatic heterocycles. The Kier molecular flexibility index (Phi) is 5.39. The van der Waals surface area contributed by atoms with Gasteiger partial charge in [0.25, 0.3) is 0 Å². The lowest BCUT2D eigenvalue weighted by Gasteiger charge is -2.17. The Labute approximate surface area is 121 Å². The molecule has 1 unspecified atom stereocenters. The Balaban J connectivity index is 2.26. The number of ether oxygens (including phenoxy) is 1. The van der Waals surface area contributed by atoms with Crippen LogP contribution in [0.1, 0.15) is 42.0 Å². The van der Waals surface area contributed by atoms with Crippen LogP contribution >= 0.6 is 0 Å². The average Bonchev–Trinajstić information content (AvgIpc) is 2.88. The molecule has 1 atom stereocenters. The first-order valence-electron chi connectivity index (χ1n) is 7.12. The maximum atomic E-state index is 5.89. The van der Waals surface area contributed by atoms with Crippen molar-refractivity contribution in [2.45, 2.75) is 32.9 Å². The van der Waals surface area contributed by atoms with Crippen molar-refractivity contribution in [1.29, 1.82) is 0 Å². The van der Waals surface area contributed by atoms with E-state index in [1.165, 1.54) is 11.1 Å². The number of hydrogen-bond acceptors (Lipinski definition) is 3. The topological polar surface area (TPSA) is 34.4 Å². The molecule has 2 aromatic rings. The third-order valence-electron chi connectivity index (χ3n) is 3.23. The molecule has 3 heteroatoms. The highest BCUT2D eigenvalue weighted by Gasteiger charge is 2.17. The van der Waals surface area contributed by atoms with Gasteiger partial charge in [0, 0.05) is 7.11 Å². The molecule has 0 spiro atoms. The van der Waals surface area contributed by atoms with E-state index in [4.69, 9.17) is 9.15 Å². The van der Waals surface area contributed by atoms with Crippen LogP contribution in [0.3, 0.4) is 0 Å². The number of methoxy groups -OCH3 is 1. The van der Waals surface area contributed by atoms with Gasteiger partial charge in [-0.15, -0.1) is 0 Å². The van der Waals surface area contributed by atoms with Gasteiger partial charge in [-0.05, 0) is 37.6 Å². The number of benzene rings is 1. The van der Waals surface area contributed by atoms with Crippen molar-refractivity contribution >= 4 is 0 Å². The summed E-state index contributed by atoms with van der Waals surface area (Å²) in [5.41, 5.74) is 2.49. The third-order valence-corrected chi connectivity index (χ3v) is 3.23. The predicted octanol–water partition coefficient (Wildman–Crippen LogP) is 3.82. The van der Waals surface area contributed by atoms with Crippen molar-refractivity contribution in [2.75, 3.05) is 13.7 Å². The summed E-state index contributed by atoms with van der Waals surface area (Å²) >= 11 is 0. The molecule has 0 radical (unpaired) electrons. The Morgan fingerprint density at radius 1 is 1.25 bits per heavy atom. The zero-order valence-corrected chi connectivity index (χ0v) is 12.5. The molecule has 2 rings (SSSR count). The van der Waals surface area contributed by atoms with E-state index in [1.54, 1.807) is 7.11 Å². The molecule has 0 aliphatic carbocycles. The van der Waals surface area contributed by atoms with Crippen molar-refractivity contribution in [3.8, 4) is 0 Å². The minimum atomic E-state index is 0.0976. The SMILES string of the molecule is CCCNC(c1cccc(C)c1)c1ccc(COC)o1. The van der Waals surface area contributed by atoms with Crippen LogP contribution in [0.4, 0.5) is 0 Å². The standard InChI is InChI=1S/C17H23NO2/c1-4-10-18-17(14-7-5-6-13(2)11-14)16-9-8-15(20-16)12-19-3/h5-9,11,17-18H,4,10,12H2,1-3H3. The first-order valence-corrected chi connectivity index (χ1v) is 7.12. The largest absolute Gasteiger partial charge is 0.462 e. The fourth-order valence-corrected chi connectivity index (χ4v) is 2.29. The number of aryl methyl sites for hydroxylation is 1. The lowest BCUT2D eigenvalue weighted by Crippen LogP contribution is -2.22. The Morgan fingerprint density at radius 2 is 2.10 bits per heavy atom. The lowest BCUT2D eigenvalue weighted by atomic mass is 10.0. The molecule has 0 saturated heterocycles. The van der Waals surface area contributed by atoms with Gasteiger partial charge < -0.3 is 14.5 Å². The van der Waals surface area contributed by atoms with Gasteiger partial charge in [0.05, 0.1) is 6.04 Å². The third kappa shape index (κ3) is 3.71. The quantitative estimate of drug-likeness (QED) is 0.832. The number of furan rings is 1. The summed E-state index contributed by atoms with van der Waals surface area (Å²) in [6, 6.07) is 12.6. The summed E-state index contributed by atoms with van der Waals surface area (Å²) in [6.07, 6.45) is 1.09. The smallest absolute Gasteiger partial charge is 0.129 e. The average molecular weight is 273 g/mol. The van der Waals surface area contributed by atoms with Gasteiger partial charge in [-0.3, -0.25) is 0 Å². The predicted molar refractivity (Wildman–Crippen MR) is 80.7 cm³/mol. The molecule has 20 heavy (non-hydrogen) atoms. The van der Waals surface area contributed by atoms with Gasteiger partial charge in [-0.2, -0.15) is 0 Å². The van der Waals surface area contributed by atoms with Crippen LogP contribution in [-0.4, -0.2) is 13.7 Å². The summed E-state index contributed by atoms with van der Waals surface area (Å²) in [5, 5.41) is 3.55. The van der Waals surface area contributed by atoms with Crippen molar-refractivity contribution in [3.63, 3.8) is 0 Å². The molecule has 108 valence electrons. The minimum Gasteiger partial charge on any atom is -0.462 e. The molecule has 1 heterocycles. The van der Waals surface area contributed by atoms with Crippen LogP contribution in [-0.2, 0) is 11.3 Å². The zero-order chi connectivity index (χ0) is 14.4. The summed E-state index contributed by atoms with van der Waals surface area (Å²) in [5.74, 6) is 1.80.